The van der Waals surface area contributed by atoms with Gasteiger partial charge in [0.1, 0.15) is 52.7 Å². The van der Waals surface area contributed by atoms with E-state index in [9.17, 15) is 43.8 Å². The number of ether oxygens (including phenoxy) is 5. The zero-order valence-corrected chi connectivity index (χ0v) is 51.5. The summed E-state index contributed by atoms with van der Waals surface area (Å²) in [6.45, 7) is 5.11. The van der Waals surface area contributed by atoms with Crippen LogP contribution in [0.5, 0.6) is 11.5 Å². The summed E-state index contributed by atoms with van der Waals surface area (Å²) < 4.78 is 41.1. The molecule has 0 radical (unpaired) electrons. The van der Waals surface area contributed by atoms with E-state index in [2.05, 4.69) is 12.2 Å². The summed E-state index contributed by atoms with van der Waals surface area (Å²) in [5.74, 6) is -6.42. The summed E-state index contributed by atoms with van der Waals surface area (Å²) in [5, 5.41) is 22.7. The molecule has 0 saturated carbocycles. The number of aromatic carboxylic acids is 2. The van der Waals surface area contributed by atoms with Crippen LogP contribution in [0.2, 0.25) is 0 Å². The number of fused-ring (bicyclic) bond motifs is 2. The molecular weight excluding hydrogens is 1130 g/mol. The van der Waals surface area contributed by atoms with Gasteiger partial charge >= 0.3 is 29.8 Å². The average molecular weight is 1220 g/mol. The normalized spacial score (nSPS) is 12.2. The number of nitrogens with one attached hydrogen (secondary N) is 1. The maximum atomic E-state index is 14.7. The number of carboxylic acids is 2. The molecule has 7 aromatic rings. The molecule has 7 rings (SSSR count). The monoisotopic (exact) mass is 1220 g/mol. The summed E-state index contributed by atoms with van der Waals surface area (Å²) in [6.07, 6.45) is 17.3. The van der Waals surface area contributed by atoms with Crippen LogP contribution in [0.3, 0.4) is 0 Å². The molecule has 0 saturated heterocycles. The number of hydrogen-bond donors (Lipinski definition) is 3. The molecule has 3 N–H and O–H groups in total. The second-order valence-electron chi connectivity index (χ2n) is 23.0. The van der Waals surface area contributed by atoms with E-state index in [1.165, 1.54) is 107 Å². The van der Waals surface area contributed by atoms with Gasteiger partial charge in [0.05, 0.1) is 18.8 Å². The smallest absolute Gasteiger partial charge is 0.371 e. The molecule has 0 spiro atoms. The molecule has 0 aliphatic heterocycles. The van der Waals surface area contributed by atoms with Crippen molar-refractivity contribution in [2.75, 3.05) is 26.4 Å². The molecule has 17 nitrogen and oxygen atoms in total. The lowest BCUT2D eigenvalue weighted by molar-refractivity contribution is -0.154. The van der Waals surface area contributed by atoms with Crippen molar-refractivity contribution in [2.45, 2.75) is 160 Å². The van der Waals surface area contributed by atoms with Crippen molar-refractivity contribution in [3.05, 3.63) is 188 Å². The highest BCUT2D eigenvalue weighted by atomic mass is 16.6. The lowest BCUT2D eigenvalue weighted by Crippen LogP contribution is -2.55. The first-order valence-electron chi connectivity index (χ1n) is 31.5. The predicted molar refractivity (Wildman–Crippen MR) is 340 cm³/mol. The Bertz CT molecular complexity index is 3280. The maximum Gasteiger partial charge on any atom is 0.371 e. The standard InChI is InChI=1S/C72H85NO16/c1-4-5-6-7-8-9-10-11-12-13-14-15-16-17-27-42-64(76)85-46-51(47-86-71(82)68(50(2)3)73-72(52-32-21-18-22-33-52,53-34-23-19-24-35-53)54-36-25-20-26-37-54)31-28-43-65(77)87-55(48-83-58-38-29-40-60-66(58)56(74)44-62(88-60)69(78)79)49-84-59-39-30-41-61-67(59)57(75)45-63(89-61)70(80)81/h18-26,29-30,32-41,44-45,50-51,55,68,73H,4-17,27-28,31,42-43,46-49H2,1-3H3,(H,78,79)(H,80,81)/t51?,68-/m0/s1. The number of hydrogen-bond acceptors (Lipinski definition) is 15. The Kier molecular flexibility index (Phi) is 27.0. The summed E-state index contributed by atoms with van der Waals surface area (Å²) in [6, 6.07) is 39.3. The van der Waals surface area contributed by atoms with Gasteiger partial charge in [-0.05, 0) is 66.1 Å². The second-order valence-corrected chi connectivity index (χ2v) is 23.0. The summed E-state index contributed by atoms with van der Waals surface area (Å²) in [4.78, 5) is 91.7. The predicted octanol–water partition coefficient (Wildman–Crippen LogP) is 14.4. The van der Waals surface area contributed by atoms with Crippen LogP contribution < -0.4 is 25.6 Å². The Morgan fingerprint density at radius 3 is 1.34 bits per heavy atom. The molecule has 5 aromatic carbocycles. The van der Waals surface area contributed by atoms with E-state index < -0.39 is 83.1 Å². The van der Waals surface area contributed by atoms with Crippen LogP contribution in [-0.4, -0.2) is 78.6 Å². The van der Waals surface area contributed by atoms with Gasteiger partial charge in [0, 0.05) is 30.9 Å². The highest BCUT2D eigenvalue weighted by Gasteiger charge is 2.41. The quantitative estimate of drug-likeness (QED) is 0.0140. The van der Waals surface area contributed by atoms with Crippen LogP contribution in [-0.2, 0) is 34.1 Å². The number of unbranched alkanes of at least 4 members (excludes halogenated alkanes) is 14. The van der Waals surface area contributed by atoms with Gasteiger partial charge in [0.25, 0.3) is 0 Å². The molecule has 2 atom stereocenters. The molecule has 0 aliphatic carbocycles. The van der Waals surface area contributed by atoms with Gasteiger partial charge < -0.3 is 42.7 Å². The molecule has 2 heterocycles. The number of carbonyl (C=O) groups is 5. The van der Waals surface area contributed by atoms with Crippen molar-refractivity contribution < 1.29 is 66.7 Å². The molecule has 0 aliphatic rings. The third kappa shape index (κ3) is 20.2. The van der Waals surface area contributed by atoms with E-state index in [0.717, 1.165) is 48.1 Å². The summed E-state index contributed by atoms with van der Waals surface area (Å²) in [7, 11) is 0. The van der Waals surface area contributed by atoms with E-state index >= 15 is 0 Å². The zero-order chi connectivity index (χ0) is 63.4. The van der Waals surface area contributed by atoms with E-state index in [0.29, 0.717) is 6.42 Å². The van der Waals surface area contributed by atoms with Crippen LogP contribution >= 0.6 is 0 Å². The minimum atomic E-state index is -1.44. The summed E-state index contributed by atoms with van der Waals surface area (Å²) >= 11 is 0. The number of rotatable bonds is 40. The molecule has 0 fully saturated rings. The lowest BCUT2D eigenvalue weighted by Gasteiger charge is -2.40. The van der Waals surface area contributed by atoms with E-state index in [1.54, 1.807) is 0 Å². The first-order valence-corrected chi connectivity index (χ1v) is 31.5. The number of carbonyl (C=O) groups excluding carboxylic acids is 3. The van der Waals surface area contributed by atoms with Crippen molar-refractivity contribution in [1.82, 2.24) is 5.32 Å². The van der Waals surface area contributed by atoms with Crippen molar-refractivity contribution in [2.24, 2.45) is 11.8 Å². The second kappa shape index (κ2) is 35.4. The van der Waals surface area contributed by atoms with Gasteiger partial charge in [0.2, 0.25) is 11.5 Å². The van der Waals surface area contributed by atoms with Crippen LogP contribution in [0.15, 0.2) is 158 Å². The Balaban J connectivity index is 1.03. The van der Waals surface area contributed by atoms with Crippen LogP contribution in [0.25, 0.3) is 21.9 Å². The largest absolute Gasteiger partial charge is 0.489 e. The van der Waals surface area contributed by atoms with Gasteiger partial charge in [-0.3, -0.25) is 29.3 Å². The SMILES string of the molecule is CCCCCCCCCCCCCCCCCC(=O)OCC(CCCC(=O)OC(COc1cccc2oc(C(=O)O)cc(=O)c12)COc1cccc2oc(C(=O)O)cc(=O)c12)COC(=O)[C@@H](NC(c1ccccc1)(c1ccccc1)c1ccccc1)C(C)C. The van der Waals surface area contributed by atoms with Gasteiger partial charge in [-0.2, -0.15) is 0 Å². The molecule has 2 aromatic heterocycles. The van der Waals surface area contributed by atoms with Gasteiger partial charge in [-0.1, -0.05) is 214 Å². The molecule has 474 valence electrons. The first kappa shape index (κ1) is 67.9. The maximum absolute atomic E-state index is 14.7. The van der Waals surface area contributed by atoms with Crippen molar-refractivity contribution >= 4 is 51.8 Å². The lowest BCUT2D eigenvalue weighted by atomic mass is 9.76. The van der Waals surface area contributed by atoms with Crippen LogP contribution in [0.1, 0.15) is 181 Å². The number of benzene rings is 5. The van der Waals surface area contributed by atoms with Gasteiger partial charge in [0.15, 0.2) is 17.0 Å². The van der Waals surface area contributed by atoms with Crippen LogP contribution in [0, 0.1) is 11.8 Å². The van der Waals surface area contributed by atoms with Gasteiger partial charge in [-0.25, -0.2) is 9.59 Å². The fourth-order valence-electron chi connectivity index (χ4n) is 11.0. The van der Waals surface area contributed by atoms with Crippen molar-refractivity contribution in [3.63, 3.8) is 0 Å². The fraction of sp³-hybridized carbons (Fsp3) is 0.431. The van der Waals surface area contributed by atoms with E-state index in [4.69, 9.17) is 32.5 Å². The number of carboxylic acid groups (broad SMARTS) is 2. The van der Waals surface area contributed by atoms with E-state index in [1.807, 2.05) is 105 Å². The Morgan fingerprint density at radius 2 is 0.910 bits per heavy atom. The fourth-order valence-corrected chi connectivity index (χ4v) is 11.0. The Hall–Kier alpha value is -8.57. The Morgan fingerprint density at radius 1 is 0.494 bits per heavy atom. The highest BCUT2D eigenvalue weighted by Crippen LogP contribution is 2.38. The van der Waals surface area contributed by atoms with Crippen molar-refractivity contribution in [1.29, 1.82) is 0 Å². The van der Waals surface area contributed by atoms with Gasteiger partial charge in [-0.15, -0.1) is 0 Å². The minimum Gasteiger partial charge on any atom is -0.489 e. The molecular formula is C72H85NO16. The number of esters is 3. The molecule has 0 bridgehead atoms. The third-order valence-electron chi connectivity index (χ3n) is 15.8. The molecule has 1 unspecified atom stereocenters. The summed E-state index contributed by atoms with van der Waals surface area (Å²) in [5.41, 5.74) is 0.236. The third-order valence-corrected chi connectivity index (χ3v) is 15.8. The van der Waals surface area contributed by atoms with Crippen molar-refractivity contribution in [3.8, 4) is 11.5 Å². The van der Waals surface area contributed by atoms with Crippen LogP contribution in [0.4, 0.5) is 0 Å². The molecule has 17 heteroatoms. The highest BCUT2D eigenvalue weighted by molar-refractivity contribution is 5.90. The Labute approximate surface area is 520 Å². The molecule has 89 heavy (non-hydrogen) atoms. The average Bonchev–Trinajstić information content (AvgIpc) is 0.890. The first-order chi connectivity index (χ1) is 43.2. The van der Waals surface area contributed by atoms with E-state index in [-0.39, 0.29) is 84.2 Å². The minimum absolute atomic E-state index is 0.00596. The topological polar surface area (TPSA) is 244 Å². The molecule has 0 amide bonds. The zero-order valence-electron chi connectivity index (χ0n) is 51.5.